The normalized spacial score (nSPS) is 15.2. The average molecular weight is 425 g/mol. The molecule has 1 aromatic carbocycles. The number of benzene rings is 1. The van der Waals surface area contributed by atoms with Crippen molar-refractivity contribution in [3.05, 3.63) is 69.0 Å². The molecule has 0 radical (unpaired) electrons. The lowest BCUT2D eigenvalue weighted by atomic mass is 10.3. The van der Waals surface area contributed by atoms with Gasteiger partial charge in [-0.2, -0.15) is 9.61 Å². The lowest BCUT2D eigenvalue weighted by molar-refractivity contribution is 0.454. The first kappa shape index (κ1) is 19.0. The smallest absolute Gasteiger partial charge is 0.326 e. The number of anilines is 2. The highest BCUT2D eigenvalue weighted by atomic mass is 19.1. The van der Waals surface area contributed by atoms with Crippen molar-refractivity contribution in [3.63, 3.8) is 0 Å². The zero-order valence-corrected chi connectivity index (χ0v) is 16.1. The number of imidazole rings is 1. The zero-order valence-electron chi connectivity index (χ0n) is 16.1. The van der Waals surface area contributed by atoms with E-state index >= 15 is 0 Å². The first-order valence-corrected chi connectivity index (χ1v) is 9.60. The number of rotatable bonds is 5. The number of nitrogens with zero attached hydrogens (tertiary/aromatic N) is 4. The van der Waals surface area contributed by atoms with Crippen LogP contribution in [0, 0.1) is 17.6 Å². The summed E-state index contributed by atoms with van der Waals surface area (Å²) in [6.07, 6.45) is 5.29. The Morgan fingerprint density at radius 3 is 2.68 bits per heavy atom. The summed E-state index contributed by atoms with van der Waals surface area (Å²) >= 11 is 0. The van der Waals surface area contributed by atoms with Crippen LogP contribution in [0.1, 0.15) is 18.5 Å². The molecule has 1 fully saturated rings. The fourth-order valence-corrected chi connectivity index (χ4v) is 3.19. The predicted molar refractivity (Wildman–Crippen MR) is 108 cm³/mol. The average Bonchev–Trinajstić information content (AvgIpc) is 3.36. The summed E-state index contributed by atoms with van der Waals surface area (Å²) in [5.41, 5.74) is 0.716. The number of fused-ring (bicyclic) bond motifs is 1. The standard InChI is InChI=1S/C20H17F2N7O2/c21-12-4-13(22)6-14(5-12)25-16-7-17(23-8-10-1-2-10)29-18(27-16)11(9-24-29)3-15-19(30)28-20(31)26-15/h3-7,9-10,25,30H,1-2,8H2,(H2,26,28,31). The van der Waals surface area contributed by atoms with Crippen molar-refractivity contribution >= 4 is 23.2 Å². The minimum absolute atomic E-state index is 0.170. The maximum Gasteiger partial charge on any atom is 0.326 e. The molecule has 31 heavy (non-hydrogen) atoms. The number of hydrogen-bond donors (Lipinski definition) is 4. The predicted octanol–water partition coefficient (Wildman–Crippen LogP) is 1.33. The molecule has 3 heterocycles. The summed E-state index contributed by atoms with van der Waals surface area (Å²) in [6, 6.07) is 4.74. The molecule has 4 N–H and O–H groups in total. The highest BCUT2D eigenvalue weighted by molar-refractivity contribution is 5.61. The van der Waals surface area contributed by atoms with Gasteiger partial charge in [0.25, 0.3) is 0 Å². The number of aromatic nitrogens is 5. The van der Waals surface area contributed by atoms with Crippen molar-refractivity contribution in [2.45, 2.75) is 12.8 Å². The summed E-state index contributed by atoms with van der Waals surface area (Å²) < 4.78 is 28.7. The number of aromatic amines is 2. The van der Waals surface area contributed by atoms with Gasteiger partial charge in [0.1, 0.15) is 23.1 Å². The molecule has 3 aromatic heterocycles. The summed E-state index contributed by atoms with van der Waals surface area (Å²) in [5.74, 6) is -0.887. The van der Waals surface area contributed by atoms with Gasteiger partial charge in [-0.05, 0) is 37.0 Å². The molecule has 0 bridgehead atoms. The van der Waals surface area contributed by atoms with Gasteiger partial charge in [-0.25, -0.2) is 18.6 Å². The molecule has 1 aliphatic rings. The molecule has 1 aliphatic carbocycles. The van der Waals surface area contributed by atoms with E-state index in [9.17, 15) is 18.7 Å². The Kier molecular flexibility index (Phi) is 4.50. The fourth-order valence-electron chi connectivity index (χ4n) is 3.19. The van der Waals surface area contributed by atoms with Crippen LogP contribution in [-0.4, -0.2) is 36.2 Å². The molecular weight excluding hydrogens is 408 g/mol. The van der Waals surface area contributed by atoms with Gasteiger partial charge in [0.15, 0.2) is 11.1 Å². The monoisotopic (exact) mass is 425 g/mol. The Morgan fingerprint density at radius 1 is 1.23 bits per heavy atom. The number of hydrogen-bond acceptors (Lipinski definition) is 6. The third-order valence-electron chi connectivity index (χ3n) is 4.86. The Morgan fingerprint density at radius 2 is 2.00 bits per heavy atom. The minimum Gasteiger partial charge on any atom is -0.493 e. The quantitative estimate of drug-likeness (QED) is 0.384. The first-order chi connectivity index (χ1) is 14.9. The SMILES string of the molecule is O=c1[nH]c(O)c(C=c2cnn3c(=NCC4CC4)cc(Nc4cc(F)cc(F)c4)nc23)[nH]1. The molecule has 0 aliphatic heterocycles. The lowest BCUT2D eigenvalue weighted by Gasteiger charge is -2.07. The molecular formula is C20H17F2N7O2. The van der Waals surface area contributed by atoms with Crippen LogP contribution in [0.2, 0.25) is 0 Å². The van der Waals surface area contributed by atoms with Gasteiger partial charge < -0.3 is 15.4 Å². The van der Waals surface area contributed by atoms with Gasteiger partial charge in [0, 0.05) is 29.6 Å². The second-order valence-electron chi connectivity index (χ2n) is 7.39. The fraction of sp³-hybridized carbons (Fsp3) is 0.200. The maximum absolute atomic E-state index is 13.6. The van der Waals surface area contributed by atoms with E-state index in [1.54, 1.807) is 6.07 Å². The Labute approximate surface area is 172 Å². The molecule has 4 aromatic rings. The van der Waals surface area contributed by atoms with Gasteiger partial charge in [-0.15, -0.1) is 0 Å². The summed E-state index contributed by atoms with van der Waals surface area (Å²) in [4.78, 5) is 25.2. The Bertz CT molecular complexity index is 1450. The third kappa shape index (κ3) is 4.02. The summed E-state index contributed by atoms with van der Waals surface area (Å²) in [6.45, 7) is 0.637. The molecule has 0 amide bonds. The van der Waals surface area contributed by atoms with Crippen LogP contribution in [0.3, 0.4) is 0 Å². The van der Waals surface area contributed by atoms with Crippen molar-refractivity contribution in [2.24, 2.45) is 10.9 Å². The second-order valence-corrected chi connectivity index (χ2v) is 7.39. The molecule has 5 rings (SSSR count). The van der Waals surface area contributed by atoms with E-state index in [1.807, 2.05) is 0 Å². The van der Waals surface area contributed by atoms with Gasteiger partial charge in [-0.3, -0.25) is 9.98 Å². The highest BCUT2D eigenvalue weighted by Gasteiger charge is 2.20. The molecule has 1 saturated carbocycles. The van der Waals surface area contributed by atoms with Crippen molar-refractivity contribution in [2.75, 3.05) is 11.9 Å². The van der Waals surface area contributed by atoms with Gasteiger partial charge >= 0.3 is 5.69 Å². The number of H-pyrrole nitrogens is 2. The minimum atomic E-state index is -0.715. The van der Waals surface area contributed by atoms with Gasteiger partial charge in [-0.1, -0.05) is 0 Å². The molecule has 0 spiro atoms. The second kappa shape index (κ2) is 7.35. The highest BCUT2D eigenvalue weighted by Crippen LogP contribution is 2.28. The van der Waals surface area contributed by atoms with Crippen LogP contribution >= 0.6 is 0 Å². The molecule has 0 unspecified atom stereocenters. The van der Waals surface area contributed by atoms with Crippen molar-refractivity contribution < 1.29 is 13.9 Å². The van der Waals surface area contributed by atoms with E-state index in [2.05, 4.69) is 30.4 Å². The van der Waals surface area contributed by atoms with Crippen LogP contribution in [-0.2, 0) is 0 Å². The lowest BCUT2D eigenvalue weighted by Crippen LogP contribution is -2.20. The first-order valence-electron chi connectivity index (χ1n) is 9.60. The molecule has 158 valence electrons. The van der Waals surface area contributed by atoms with E-state index in [0.29, 0.717) is 34.6 Å². The van der Waals surface area contributed by atoms with Crippen molar-refractivity contribution in [1.29, 1.82) is 0 Å². The van der Waals surface area contributed by atoms with E-state index in [0.717, 1.165) is 31.0 Å². The van der Waals surface area contributed by atoms with E-state index in [1.165, 1.54) is 16.8 Å². The molecule has 0 atom stereocenters. The molecule has 11 heteroatoms. The molecule has 0 saturated heterocycles. The maximum atomic E-state index is 13.6. The van der Waals surface area contributed by atoms with E-state index < -0.39 is 17.3 Å². The third-order valence-corrected chi connectivity index (χ3v) is 4.86. The van der Waals surface area contributed by atoms with Crippen LogP contribution in [0.15, 0.2) is 40.2 Å². The van der Waals surface area contributed by atoms with E-state index in [4.69, 9.17) is 0 Å². The van der Waals surface area contributed by atoms with Crippen LogP contribution < -0.4 is 21.7 Å². The van der Waals surface area contributed by atoms with Gasteiger partial charge in [0.2, 0.25) is 5.88 Å². The Hall–Kier alpha value is -4.02. The largest absolute Gasteiger partial charge is 0.493 e. The zero-order chi connectivity index (χ0) is 21.5. The van der Waals surface area contributed by atoms with Crippen LogP contribution in [0.25, 0.3) is 11.7 Å². The van der Waals surface area contributed by atoms with Crippen molar-refractivity contribution in [1.82, 2.24) is 24.6 Å². The topological polar surface area (TPSA) is 123 Å². The number of nitrogens with one attached hydrogen (secondary N) is 3. The van der Waals surface area contributed by atoms with Crippen LogP contribution in [0.5, 0.6) is 5.88 Å². The Balaban J connectivity index is 1.66. The number of halogens is 2. The molecule has 9 nitrogen and oxygen atoms in total. The summed E-state index contributed by atoms with van der Waals surface area (Å²) in [5, 5.41) is 17.6. The van der Waals surface area contributed by atoms with Crippen molar-refractivity contribution in [3.8, 4) is 5.88 Å². The summed E-state index contributed by atoms with van der Waals surface area (Å²) in [7, 11) is 0. The van der Waals surface area contributed by atoms with Gasteiger partial charge in [0.05, 0.1) is 6.20 Å². The number of aromatic hydroxyl groups is 1. The van der Waals surface area contributed by atoms with Crippen LogP contribution in [0.4, 0.5) is 20.3 Å². The van der Waals surface area contributed by atoms with E-state index in [-0.39, 0.29) is 17.3 Å².